The van der Waals surface area contributed by atoms with E-state index in [2.05, 4.69) is 16.0 Å². The van der Waals surface area contributed by atoms with Gasteiger partial charge >= 0.3 is 6.03 Å². The molecule has 8 heteroatoms. The van der Waals surface area contributed by atoms with Crippen molar-refractivity contribution in [3.8, 4) is 0 Å². The van der Waals surface area contributed by atoms with Crippen molar-refractivity contribution in [2.24, 2.45) is 0 Å². The first-order chi connectivity index (χ1) is 13.0. The predicted octanol–water partition coefficient (Wildman–Crippen LogP) is 1.94. The number of nitrogens with zero attached hydrogens (tertiary/aromatic N) is 1. The van der Waals surface area contributed by atoms with Crippen LogP contribution in [0.3, 0.4) is 0 Å². The number of hydrogen-bond donors (Lipinski definition) is 3. The highest BCUT2D eigenvalue weighted by Gasteiger charge is 2.24. The van der Waals surface area contributed by atoms with Gasteiger partial charge in [-0.25, -0.2) is 4.79 Å². The van der Waals surface area contributed by atoms with Crippen molar-refractivity contribution < 1.29 is 19.1 Å². The Hall–Kier alpha value is -2.61. The minimum atomic E-state index is -0.377. The highest BCUT2D eigenvalue weighted by molar-refractivity contribution is 5.95. The smallest absolute Gasteiger partial charge is 0.319 e. The maximum Gasteiger partial charge on any atom is 0.319 e. The Bertz CT molecular complexity index is 685. The molecular formula is C19H26N4O4. The first-order valence-electron chi connectivity index (χ1n) is 9.39. The SMILES string of the molecule is C[C@H](CN1CCCC1=O)NC(=O)Nc1ccc(NC(=O)[C@@H]2CCCO2)cc1. The summed E-state index contributed by atoms with van der Waals surface area (Å²) >= 11 is 0. The number of likely N-dealkylation sites (tertiary alicyclic amines) is 1. The van der Waals surface area contributed by atoms with Crippen LogP contribution in [0.15, 0.2) is 24.3 Å². The molecule has 4 amide bonds. The molecule has 2 fully saturated rings. The van der Waals surface area contributed by atoms with Crippen LogP contribution >= 0.6 is 0 Å². The lowest BCUT2D eigenvalue weighted by atomic mass is 10.2. The van der Waals surface area contributed by atoms with Crippen molar-refractivity contribution in [1.82, 2.24) is 10.2 Å². The Morgan fingerprint density at radius 3 is 2.48 bits per heavy atom. The second-order valence-corrected chi connectivity index (χ2v) is 7.01. The summed E-state index contributed by atoms with van der Waals surface area (Å²) in [6.07, 6.45) is 2.74. The van der Waals surface area contributed by atoms with Crippen LogP contribution in [0.4, 0.5) is 16.2 Å². The summed E-state index contributed by atoms with van der Waals surface area (Å²) < 4.78 is 5.35. The molecule has 0 radical (unpaired) electrons. The van der Waals surface area contributed by atoms with Crippen molar-refractivity contribution in [3.05, 3.63) is 24.3 Å². The lowest BCUT2D eigenvalue weighted by Crippen LogP contribution is -2.44. The van der Waals surface area contributed by atoms with E-state index in [1.165, 1.54) is 0 Å². The van der Waals surface area contributed by atoms with Gasteiger partial charge < -0.3 is 25.6 Å². The highest BCUT2D eigenvalue weighted by atomic mass is 16.5. The minimum Gasteiger partial charge on any atom is -0.368 e. The van der Waals surface area contributed by atoms with Crippen LogP contribution in [0.2, 0.25) is 0 Å². The fraction of sp³-hybridized carbons (Fsp3) is 0.526. The summed E-state index contributed by atoms with van der Waals surface area (Å²) in [5.41, 5.74) is 1.27. The van der Waals surface area contributed by atoms with E-state index < -0.39 is 0 Å². The minimum absolute atomic E-state index is 0.142. The molecule has 2 aliphatic rings. The van der Waals surface area contributed by atoms with Crippen LogP contribution in [0.25, 0.3) is 0 Å². The summed E-state index contributed by atoms with van der Waals surface area (Å²) in [6.45, 7) is 3.77. The zero-order chi connectivity index (χ0) is 19.2. The Morgan fingerprint density at radius 1 is 1.19 bits per heavy atom. The van der Waals surface area contributed by atoms with Gasteiger partial charge in [0.05, 0.1) is 0 Å². The average Bonchev–Trinajstić information content (AvgIpc) is 3.29. The summed E-state index contributed by atoms with van der Waals surface area (Å²) in [4.78, 5) is 37.5. The molecule has 2 aliphatic heterocycles. The third kappa shape index (κ3) is 5.43. The van der Waals surface area contributed by atoms with E-state index in [4.69, 9.17) is 4.74 Å². The second kappa shape index (κ2) is 8.85. The van der Waals surface area contributed by atoms with E-state index in [0.29, 0.717) is 30.9 Å². The molecule has 2 atom stereocenters. The van der Waals surface area contributed by atoms with Crippen molar-refractivity contribution in [1.29, 1.82) is 0 Å². The topological polar surface area (TPSA) is 99.8 Å². The molecule has 3 N–H and O–H groups in total. The molecule has 8 nitrogen and oxygen atoms in total. The number of amides is 4. The van der Waals surface area contributed by atoms with Gasteiger partial charge in [0.25, 0.3) is 5.91 Å². The van der Waals surface area contributed by atoms with Crippen molar-refractivity contribution in [2.45, 2.75) is 44.8 Å². The second-order valence-electron chi connectivity index (χ2n) is 7.01. The molecule has 1 aromatic carbocycles. The van der Waals surface area contributed by atoms with Gasteiger partial charge in [-0.3, -0.25) is 9.59 Å². The third-order valence-electron chi connectivity index (χ3n) is 4.68. The van der Waals surface area contributed by atoms with Crippen LogP contribution in [0, 0.1) is 0 Å². The summed E-state index contributed by atoms with van der Waals surface area (Å²) in [7, 11) is 0. The first-order valence-corrected chi connectivity index (χ1v) is 9.39. The molecule has 0 saturated carbocycles. The maximum absolute atomic E-state index is 12.1. The van der Waals surface area contributed by atoms with Crippen LogP contribution < -0.4 is 16.0 Å². The Kier molecular flexibility index (Phi) is 6.28. The van der Waals surface area contributed by atoms with Gasteiger partial charge in [-0.05, 0) is 50.5 Å². The zero-order valence-electron chi connectivity index (χ0n) is 15.5. The van der Waals surface area contributed by atoms with Gasteiger partial charge in [0.2, 0.25) is 5.91 Å². The molecule has 1 aromatic rings. The average molecular weight is 374 g/mol. The number of ether oxygens (including phenoxy) is 1. The predicted molar refractivity (Wildman–Crippen MR) is 101 cm³/mol. The van der Waals surface area contributed by atoms with Crippen molar-refractivity contribution >= 4 is 29.2 Å². The number of anilines is 2. The van der Waals surface area contributed by atoms with E-state index in [-0.39, 0.29) is 30.0 Å². The summed E-state index contributed by atoms with van der Waals surface area (Å²) in [5, 5.41) is 8.39. The zero-order valence-corrected chi connectivity index (χ0v) is 15.5. The van der Waals surface area contributed by atoms with E-state index in [0.717, 1.165) is 25.8 Å². The number of hydrogen-bond acceptors (Lipinski definition) is 4. The van der Waals surface area contributed by atoms with E-state index in [1.807, 2.05) is 6.92 Å². The maximum atomic E-state index is 12.1. The normalized spacial score (nSPS) is 20.4. The van der Waals surface area contributed by atoms with Crippen LogP contribution in [0.1, 0.15) is 32.6 Å². The van der Waals surface area contributed by atoms with Crippen LogP contribution in [0.5, 0.6) is 0 Å². The number of carbonyl (C=O) groups excluding carboxylic acids is 3. The van der Waals surface area contributed by atoms with Gasteiger partial charge in [0, 0.05) is 43.5 Å². The highest BCUT2D eigenvalue weighted by Crippen LogP contribution is 2.17. The first kappa shape index (κ1) is 19.2. The molecule has 0 bridgehead atoms. The molecule has 0 unspecified atom stereocenters. The van der Waals surface area contributed by atoms with E-state index in [1.54, 1.807) is 29.2 Å². The Labute approximate surface area is 158 Å². The van der Waals surface area contributed by atoms with E-state index >= 15 is 0 Å². The van der Waals surface area contributed by atoms with Crippen molar-refractivity contribution in [2.75, 3.05) is 30.3 Å². The third-order valence-corrected chi connectivity index (χ3v) is 4.68. The van der Waals surface area contributed by atoms with Gasteiger partial charge in [0.15, 0.2) is 0 Å². The molecule has 146 valence electrons. The van der Waals surface area contributed by atoms with Gasteiger partial charge in [-0.2, -0.15) is 0 Å². The fourth-order valence-corrected chi connectivity index (χ4v) is 3.31. The quantitative estimate of drug-likeness (QED) is 0.708. The number of rotatable bonds is 6. The van der Waals surface area contributed by atoms with Crippen molar-refractivity contribution in [3.63, 3.8) is 0 Å². The lowest BCUT2D eigenvalue weighted by Gasteiger charge is -2.21. The standard InChI is InChI=1S/C19H26N4O4/c1-13(12-23-10-2-5-17(23)24)20-19(26)22-15-8-6-14(7-9-15)21-18(25)16-4-3-11-27-16/h6-9,13,16H,2-5,10-12H2,1H3,(H,21,25)(H2,20,22,26)/t13-,16+/m1/s1. The molecule has 0 aromatic heterocycles. The molecule has 2 heterocycles. The molecule has 27 heavy (non-hydrogen) atoms. The monoisotopic (exact) mass is 374 g/mol. The number of benzene rings is 1. The van der Waals surface area contributed by atoms with Gasteiger partial charge in [-0.1, -0.05) is 0 Å². The summed E-state index contributed by atoms with van der Waals surface area (Å²) in [5.74, 6) is 0.000866. The number of nitrogens with one attached hydrogen (secondary N) is 3. The van der Waals surface area contributed by atoms with Gasteiger partial charge in [0.1, 0.15) is 6.10 Å². The largest absolute Gasteiger partial charge is 0.368 e. The molecular weight excluding hydrogens is 348 g/mol. The van der Waals surface area contributed by atoms with Crippen LogP contribution in [-0.4, -0.2) is 54.6 Å². The van der Waals surface area contributed by atoms with Crippen LogP contribution in [-0.2, 0) is 14.3 Å². The molecule has 3 rings (SSSR count). The van der Waals surface area contributed by atoms with Gasteiger partial charge in [-0.15, -0.1) is 0 Å². The summed E-state index contributed by atoms with van der Waals surface area (Å²) in [6, 6.07) is 6.43. The Morgan fingerprint density at radius 2 is 1.89 bits per heavy atom. The number of urea groups is 1. The molecule has 2 saturated heterocycles. The van der Waals surface area contributed by atoms with E-state index in [9.17, 15) is 14.4 Å². The molecule has 0 aliphatic carbocycles. The Balaban J connectivity index is 1.43. The fourth-order valence-electron chi connectivity index (χ4n) is 3.31. The molecule has 0 spiro atoms. The number of carbonyl (C=O) groups is 3. The lowest BCUT2D eigenvalue weighted by molar-refractivity contribution is -0.128.